The van der Waals surface area contributed by atoms with Crippen LogP contribution in [0, 0.1) is 11.6 Å². The van der Waals surface area contributed by atoms with Gasteiger partial charge in [-0.15, -0.1) is 0 Å². The third-order valence-corrected chi connectivity index (χ3v) is 2.05. The minimum absolute atomic E-state index is 0.0397. The molecule has 3 nitrogen and oxygen atoms in total. The summed E-state index contributed by atoms with van der Waals surface area (Å²) in [4.78, 5) is 3.79. The number of rotatable bonds is 2. The number of nitrogens with two attached hydrogens (primary N) is 1. The average molecular weight is 221 g/mol. The Hall–Kier alpha value is -2.17. The van der Waals surface area contributed by atoms with Crippen LogP contribution in [-0.2, 0) is 0 Å². The number of aromatic nitrogens is 1. The third-order valence-electron chi connectivity index (χ3n) is 2.05. The van der Waals surface area contributed by atoms with Crippen LogP contribution in [-0.4, -0.2) is 4.98 Å². The Kier molecular flexibility index (Phi) is 2.68. The van der Waals surface area contributed by atoms with E-state index < -0.39 is 11.6 Å². The summed E-state index contributed by atoms with van der Waals surface area (Å²) in [7, 11) is 0. The summed E-state index contributed by atoms with van der Waals surface area (Å²) in [6.45, 7) is 0. The molecular weight excluding hydrogens is 212 g/mol. The molecule has 0 aliphatic carbocycles. The number of benzene rings is 1. The van der Waals surface area contributed by atoms with Crippen LogP contribution in [0.4, 0.5) is 25.8 Å². The van der Waals surface area contributed by atoms with Crippen LogP contribution >= 0.6 is 0 Å². The largest absolute Gasteiger partial charge is 0.396 e. The number of anilines is 3. The van der Waals surface area contributed by atoms with Crippen molar-refractivity contribution in [3.05, 3.63) is 48.3 Å². The highest BCUT2D eigenvalue weighted by Crippen LogP contribution is 2.24. The Morgan fingerprint density at radius 3 is 2.69 bits per heavy atom. The molecule has 5 heteroatoms. The molecule has 2 aromatic rings. The van der Waals surface area contributed by atoms with Gasteiger partial charge in [-0.1, -0.05) is 0 Å². The zero-order valence-corrected chi connectivity index (χ0v) is 8.24. The van der Waals surface area contributed by atoms with E-state index >= 15 is 0 Å². The van der Waals surface area contributed by atoms with Crippen LogP contribution in [0.1, 0.15) is 0 Å². The van der Waals surface area contributed by atoms with Crippen molar-refractivity contribution in [2.24, 2.45) is 0 Å². The van der Waals surface area contributed by atoms with E-state index in [1.165, 1.54) is 12.4 Å². The molecule has 0 amide bonds. The number of nitrogens with one attached hydrogen (secondary N) is 1. The van der Waals surface area contributed by atoms with Gasteiger partial charge in [-0.3, -0.25) is 4.98 Å². The minimum Gasteiger partial charge on any atom is -0.396 e. The zero-order valence-electron chi connectivity index (χ0n) is 8.24. The first-order chi connectivity index (χ1) is 7.66. The Bertz CT molecular complexity index is 514. The van der Waals surface area contributed by atoms with Gasteiger partial charge in [-0.2, -0.15) is 0 Å². The highest BCUT2D eigenvalue weighted by molar-refractivity contribution is 5.71. The van der Waals surface area contributed by atoms with E-state index in [-0.39, 0.29) is 5.69 Å². The maximum Gasteiger partial charge on any atom is 0.146 e. The van der Waals surface area contributed by atoms with Gasteiger partial charge in [0.05, 0.1) is 23.3 Å². The van der Waals surface area contributed by atoms with Gasteiger partial charge in [0.2, 0.25) is 0 Å². The average Bonchev–Trinajstić information content (AvgIpc) is 2.27. The molecule has 0 atom stereocenters. The Labute approximate surface area is 90.9 Å². The number of halogens is 2. The first-order valence-corrected chi connectivity index (χ1v) is 4.58. The van der Waals surface area contributed by atoms with E-state index in [9.17, 15) is 8.78 Å². The molecule has 1 heterocycles. The molecule has 0 radical (unpaired) electrons. The second kappa shape index (κ2) is 4.14. The lowest BCUT2D eigenvalue weighted by atomic mass is 10.2. The fourth-order valence-corrected chi connectivity index (χ4v) is 1.26. The summed E-state index contributed by atoms with van der Waals surface area (Å²) >= 11 is 0. The highest BCUT2D eigenvalue weighted by Gasteiger charge is 2.05. The molecule has 0 aliphatic rings. The molecule has 1 aromatic heterocycles. The van der Waals surface area contributed by atoms with Crippen molar-refractivity contribution in [1.29, 1.82) is 0 Å². The van der Waals surface area contributed by atoms with E-state index in [1.807, 2.05) is 0 Å². The predicted molar refractivity (Wildman–Crippen MR) is 58.3 cm³/mol. The number of nitrogens with zero attached hydrogens (tertiary/aromatic N) is 1. The van der Waals surface area contributed by atoms with Crippen molar-refractivity contribution in [3.8, 4) is 0 Å². The lowest BCUT2D eigenvalue weighted by Crippen LogP contribution is -1.99. The molecule has 0 saturated carbocycles. The van der Waals surface area contributed by atoms with Crippen LogP contribution in [0.25, 0.3) is 0 Å². The van der Waals surface area contributed by atoms with Crippen molar-refractivity contribution in [2.45, 2.75) is 0 Å². The lowest BCUT2D eigenvalue weighted by Gasteiger charge is -2.09. The summed E-state index contributed by atoms with van der Waals surface area (Å²) < 4.78 is 26.2. The second-order valence-electron chi connectivity index (χ2n) is 3.21. The molecule has 16 heavy (non-hydrogen) atoms. The van der Waals surface area contributed by atoms with Gasteiger partial charge in [-0.25, -0.2) is 8.78 Å². The molecule has 0 saturated heterocycles. The lowest BCUT2D eigenvalue weighted by molar-refractivity contribution is 0.603. The summed E-state index contributed by atoms with van der Waals surface area (Å²) in [5.41, 5.74) is 6.51. The summed E-state index contributed by atoms with van der Waals surface area (Å²) in [6.07, 6.45) is 2.94. The van der Waals surface area contributed by atoms with Crippen LogP contribution in [0.2, 0.25) is 0 Å². The van der Waals surface area contributed by atoms with Gasteiger partial charge < -0.3 is 11.1 Å². The van der Waals surface area contributed by atoms with Crippen molar-refractivity contribution >= 4 is 17.1 Å². The van der Waals surface area contributed by atoms with Gasteiger partial charge >= 0.3 is 0 Å². The standard InChI is InChI=1S/C11H9F2N3/c12-7-1-2-8(13)11(5-7)16-10-3-4-15-6-9(10)14/h1-6H,14H2,(H,15,16). The molecule has 82 valence electrons. The summed E-state index contributed by atoms with van der Waals surface area (Å²) in [5.74, 6) is -1.06. The number of pyridine rings is 1. The minimum atomic E-state index is -0.544. The normalized spacial score (nSPS) is 10.1. The van der Waals surface area contributed by atoms with Crippen LogP contribution < -0.4 is 11.1 Å². The quantitative estimate of drug-likeness (QED) is 0.819. The Morgan fingerprint density at radius 1 is 1.12 bits per heavy atom. The van der Waals surface area contributed by atoms with Crippen molar-refractivity contribution in [1.82, 2.24) is 4.98 Å². The topological polar surface area (TPSA) is 50.9 Å². The van der Waals surface area contributed by atoms with E-state index in [1.54, 1.807) is 6.07 Å². The number of hydrogen-bond acceptors (Lipinski definition) is 3. The predicted octanol–water partition coefficient (Wildman–Crippen LogP) is 2.69. The number of nitrogen functional groups attached to an aromatic ring is 1. The van der Waals surface area contributed by atoms with Crippen molar-refractivity contribution < 1.29 is 8.78 Å². The maximum atomic E-state index is 13.3. The Morgan fingerprint density at radius 2 is 1.94 bits per heavy atom. The van der Waals surface area contributed by atoms with Gasteiger partial charge in [0.15, 0.2) is 0 Å². The van der Waals surface area contributed by atoms with Crippen molar-refractivity contribution in [3.63, 3.8) is 0 Å². The van der Waals surface area contributed by atoms with Crippen LogP contribution in [0.5, 0.6) is 0 Å². The van der Waals surface area contributed by atoms with Gasteiger partial charge in [-0.05, 0) is 18.2 Å². The SMILES string of the molecule is Nc1cnccc1Nc1cc(F)ccc1F. The van der Waals surface area contributed by atoms with E-state index in [0.717, 1.165) is 18.2 Å². The zero-order chi connectivity index (χ0) is 11.5. The first-order valence-electron chi connectivity index (χ1n) is 4.58. The van der Waals surface area contributed by atoms with Crippen LogP contribution in [0.15, 0.2) is 36.7 Å². The molecule has 0 aliphatic heterocycles. The molecule has 3 N–H and O–H groups in total. The van der Waals surface area contributed by atoms with Gasteiger partial charge in [0.1, 0.15) is 11.6 Å². The molecule has 0 spiro atoms. The molecule has 0 bridgehead atoms. The van der Waals surface area contributed by atoms with E-state index in [0.29, 0.717) is 11.4 Å². The Balaban J connectivity index is 2.34. The van der Waals surface area contributed by atoms with Crippen molar-refractivity contribution in [2.75, 3.05) is 11.1 Å². The first kappa shape index (κ1) is 10.4. The maximum absolute atomic E-state index is 13.3. The van der Waals surface area contributed by atoms with E-state index in [2.05, 4.69) is 10.3 Å². The van der Waals surface area contributed by atoms with Gasteiger partial charge in [0, 0.05) is 12.3 Å². The summed E-state index contributed by atoms with van der Waals surface area (Å²) in [5, 5.41) is 2.70. The molecule has 2 rings (SSSR count). The molecule has 0 unspecified atom stereocenters. The van der Waals surface area contributed by atoms with Crippen LogP contribution in [0.3, 0.4) is 0 Å². The highest BCUT2D eigenvalue weighted by atomic mass is 19.1. The third kappa shape index (κ3) is 2.08. The summed E-state index contributed by atoms with van der Waals surface area (Å²) in [6, 6.07) is 4.75. The number of hydrogen-bond donors (Lipinski definition) is 2. The molecule has 0 fully saturated rings. The van der Waals surface area contributed by atoms with Gasteiger partial charge in [0.25, 0.3) is 0 Å². The fraction of sp³-hybridized carbons (Fsp3) is 0. The molecular formula is C11H9F2N3. The second-order valence-corrected chi connectivity index (χ2v) is 3.21. The monoisotopic (exact) mass is 221 g/mol. The van der Waals surface area contributed by atoms with E-state index in [4.69, 9.17) is 5.73 Å². The smallest absolute Gasteiger partial charge is 0.146 e. The fourth-order valence-electron chi connectivity index (χ4n) is 1.26. The molecule has 1 aromatic carbocycles.